The summed E-state index contributed by atoms with van der Waals surface area (Å²) < 4.78 is 0.957. The minimum atomic E-state index is -0.00302. The molecular formula is C17H26BrIN4O. The fourth-order valence-corrected chi connectivity index (χ4v) is 2.46. The summed E-state index contributed by atoms with van der Waals surface area (Å²) in [6.07, 6.45) is 2.98. The average molecular weight is 509 g/mol. The van der Waals surface area contributed by atoms with Crippen molar-refractivity contribution in [1.82, 2.24) is 10.6 Å². The van der Waals surface area contributed by atoms with Gasteiger partial charge in [-0.2, -0.15) is 0 Å². The largest absolute Gasteiger partial charge is 0.357 e. The zero-order valence-corrected chi connectivity index (χ0v) is 18.1. The Hall–Kier alpha value is -0.830. The molecule has 0 bridgehead atoms. The lowest BCUT2D eigenvalue weighted by molar-refractivity contribution is -0.116. The fraction of sp³-hybridized carbons (Fsp3) is 0.529. The van der Waals surface area contributed by atoms with E-state index >= 15 is 0 Å². The van der Waals surface area contributed by atoms with Gasteiger partial charge in [0.2, 0.25) is 5.91 Å². The molecule has 5 nitrogen and oxygen atoms in total. The molecule has 7 heteroatoms. The maximum atomic E-state index is 12.1. The lowest BCUT2D eigenvalue weighted by Gasteiger charge is -2.12. The molecule has 1 saturated carbocycles. The van der Waals surface area contributed by atoms with Crippen LogP contribution in [0.4, 0.5) is 5.69 Å². The highest BCUT2D eigenvalue weighted by Gasteiger charge is 2.20. The van der Waals surface area contributed by atoms with Gasteiger partial charge in [0.1, 0.15) is 0 Å². The summed E-state index contributed by atoms with van der Waals surface area (Å²) in [5.74, 6) is 1.55. The summed E-state index contributed by atoms with van der Waals surface area (Å²) >= 11 is 3.42. The molecule has 0 unspecified atom stereocenters. The molecule has 1 aliphatic rings. The number of amides is 1. The smallest absolute Gasteiger partial charge is 0.226 e. The highest BCUT2D eigenvalue weighted by atomic mass is 127. The summed E-state index contributed by atoms with van der Waals surface area (Å²) in [4.78, 5) is 16.6. The van der Waals surface area contributed by atoms with Crippen molar-refractivity contribution in [2.45, 2.75) is 33.1 Å². The average Bonchev–Trinajstić information content (AvgIpc) is 3.33. The summed E-state index contributed by atoms with van der Waals surface area (Å²) in [5, 5.41) is 9.37. The number of aliphatic imine (C=N–C) groups is 1. The second-order valence-electron chi connectivity index (χ2n) is 5.85. The number of nitrogens with zero attached hydrogens (tertiary/aromatic N) is 1. The molecule has 0 saturated heterocycles. The minimum absolute atomic E-state index is 0. The van der Waals surface area contributed by atoms with E-state index in [1.165, 1.54) is 12.8 Å². The van der Waals surface area contributed by atoms with Gasteiger partial charge in [0.15, 0.2) is 5.96 Å². The van der Waals surface area contributed by atoms with Crippen LogP contribution in [-0.2, 0) is 4.79 Å². The number of guanidine groups is 1. The van der Waals surface area contributed by atoms with Gasteiger partial charge >= 0.3 is 0 Å². The molecule has 0 heterocycles. The monoisotopic (exact) mass is 508 g/mol. The second kappa shape index (κ2) is 10.9. The number of benzene rings is 1. The van der Waals surface area contributed by atoms with Crippen molar-refractivity contribution in [3.63, 3.8) is 0 Å². The Labute approximate surface area is 169 Å². The topological polar surface area (TPSA) is 65.5 Å². The van der Waals surface area contributed by atoms with Crippen LogP contribution in [-0.4, -0.2) is 31.5 Å². The van der Waals surface area contributed by atoms with Crippen LogP contribution in [0.25, 0.3) is 0 Å². The Bertz CT molecular complexity index is 576. The number of nitrogens with one attached hydrogen (secondary N) is 3. The van der Waals surface area contributed by atoms with Gasteiger partial charge in [-0.15, -0.1) is 24.0 Å². The summed E-state index contributed by atoms with van der Waals surface area (Å²) in [5.41, 5.74) is 1.90. The zero-order valence-electron chi connectivity index (χ0n) is 14.2. The summed E-state index contributed by atoms with van der Waals surface area (Å²) in [7, 11) is 0. The van der Waals surface area contributed by atoms with Gasteiger partial charge in [-0.3, -0.25) is 9.79 Å². The van der Waals surface area contributed by atoms with Gasteiger partial charge in [0, 0.05) is 36.2 Å². The lowest BCUT2D eigenvalue weighted by atomic mass is 10.2. The molecule has 134 valence electrons. The quantitative estimate of drug-likeness (QED) is 0.299. The maximum Gasteiger partial charge on any atom is 0.226 e. The van der Waals surface area contributed by atoms with Gasteiger partial charge < -0.3 is 16.0 Å². The Morgan fingerprint density at radius 2 is 2.08 bits per heavy atom. The number of aryl methyl sites for hydroxylation is 1. The van der Waals surface area contributed by atoms with E-state index in [1.54, 1.807) is 0 Å². The van der Waals surface area contributed by atoms with E-state index in [0.29, 0.717) is 13.0 Å². The van der Waals surface area contributed by atoms with E-state index in [1.807, 2.05) is 32.0 Å². The third-order valence-corrected chi connectivity index (χ3v) is 4.16. The first-order valence-electron chi connectivity index (χ1n) is 8.16. The Morgan fingerprint density at radius 1 is 1.33 bits per heavy atom. The van der Waals surface area contributed by atoms with E-state index in [-0.39, 0.29) is 29.9 Å². The number of hydrogen-bond donors (Lipinski definition) is 3. The van der Waals surface area contributed by atoms with Crippen molar-refractivity contribution in [2.75, 3.05) is 25.0 Å². The van der Waals surface area contributed by atoms with Crippen molar-refractivity contribution in [3.05, 3.63) is 28.2 Å². The number of anilines is 1. The normalized spacial score (nSPS) is 13.9. The molecule has 2 rings (SSSR count). The van der Waals surface area contributed by atoms with Crippen molar-refractivity contribution in [3.8, 4) is 0 Å². The predicted molar refractivity (Wildman–Crippen MR) is 114 cm³/mol. The van der Waals surface area contributed by atoms with Crippen LogP contribution in [0, 0.1) is 12.8 Å². The number of halogens is 2. The van der Waals surface area contributed by atoms with Crippen molar-refractivity contribution < 1.29 is 4.79 Å². The molecule has 0 aromatic heterocycles. The molecular weight excluding hydrogens is 483 g/mol. The molecule has 3 N–H and O–H groups in total. The van der Waals surface area contributed by atoms with Crippen LogP contribution >= 0.6 is 39.9 Å². The van der Waals surface area contributed by atoms with Crippen LogP contribution < -0.4 is 16.0 Å². The van der Waals surface area contributed by atoms with E-state index in [2.05, 4.69) is 36.9 Å². The number of rotatable bonds is 7. The van der Waals surface area contributed by atoms with Crippen molar-refractivity contribution in [2.24, 2.45) is 10.9 Å². The highest BCUT2D eigenvalue weighted by molar-refractivity contribution is 14.0. The van der Waals surface area contributed by atoms with E-state index in [0.717, 1.165) is 40.7 Å². The van der Waals surface area contributed by atoms with Crippen LogP contribution in [0.15, 0.2) is 27.7 Å². The van der Waals surface area contributed by atoms with Gasteiger partial charge in [-0.05, 0) is 50.3 Å². The first kappa shape index (κ1) is 21.2. The van der Waals surface area contributed by atoms with Crippen LogP contribution in [0.3, 0.4) is 0 Å². The van der Waals surface area contributed by atoms with Gasteiger partial charge in [-0.1, -0.05) is 22.0 Å². The molecule has 1 fully saturated rings. The predicted octanol–water partition coefficient (Wildman–Crippen LogP) is 3.67. The van der Waals surface area contributed by atoms with E-state index in [9.17, 15) is 4.79 Å². The molecule has 1 aromatic carbocycles. The SMILES string of the molecule is CCNC(=NCC1CC1)NCCC(=O)Nc1cc(Br)ccc1C.I. The molecule has 0 aliphatic heterocycles. The van der Waals surface area contributed by atoms with Crippen molar-refractivity contribution in [1.29, 1.82) is 0 Å². The van der Waals surface area contributed by atoms with Crippen LogP contribution in [0.5, 0.6) is 0 Å². The maximum absolute atomic E-state index is 12.1. The molecule has 1 amide bonds. The van der Waals surface area contributed by atoms with Gasteiger partial charge in [0.25, 0.3) is 0 Å². The number of carbonyl (C=O) groups excluding carboxylic acids is 1. The Balaban J connectivity index is 0.00000288. The van der Waals surface area contributed by atoms with E-state index < -0.39 is 0 Å². The number of carbonyl (C=O) groups is 1. The molecule has 0 atom stereocenters. The van der Waals surface area contributed by atoms with Crippen LogP contribution in [0.1, 0.15) is 31.7 Å². The fourth-order valence-electron chi connectivity index (χ4n) is 2.10. The van der Waals surface area contributed by atoms with Crippen molar-refractivity contribution >= 4 is 57.5 Å². The molecule has 24 heavy (non-hydrogen) atoms. The van der Waals surface area contributed by atoms with Gasteiger partial charge in [0.05, 0.1) is 0 Å². The summed E-state index contributed by atoms with van der Waals surface area (Å²) in [6, 6.07) is 5.86. The standard InChI is InChI=1S/C17H25BrN4O.HI/c1-3-19-17(21-11-13-5-6-13)20-9-8-16(23)22-15-10-14(18)7-4-12(15)2;/h4,7,10,13H,3,5-6,8-9,11H2,1-2H3,(H,22,23)(H2,19,20,21);1H. The third kappa shape index (κ3) is 7.83. The zero-order chi connectivity index (χ0) is 16.7. The first-order chi connectivity index (χ1) is 11.1. The summed E-state index contributed by atoms with van der Waals surface area (Å²) in [6.45, 7) is 6.28. The highest BCUT2D eigenvalue weighted by Crippen LogP contribution is 2.28. The first-order valence-corrected chi connectivity index (χ1v) is 8.96. The molecule has 1 aromatic rings. The minimum Gasteiger partial charge on any atom is -0.357 e. The second-order valence-corrected chi connectivity index (χ2v) is 6.76. The Morgan fingerprint density at radius 3 is 2.75 bits per heavy atom. The Kier molecular flexibility index (Phi) is 9.65. The molecule has 1 aliphatic carbocycles. The van der Waals surface area contributed by atoms with E-state index in [4.69, 9.17) is 0 Å². The molecule has 0 radical (unpaired) electrons. The lowest BCUT2D eigenvalue weighted by Crippen LogP contribution is -2.38. The molecule has 0 spiro atoms. The number of hydrogen-bond acceptors (Lipinski definition) is 2. The van der Waals surface area contributed by atoms with Gasteiger partial charge in [-0.25, -0.2) is 0 Å². The van der Waals surface area contributed by atoms with Crippen LogP contribution in [0.2, 0.25) is 0 Å². The third-order valence-electron chi connectivity index (χ3n) is 3.67.